The maximum atomic E-state index is 11.8. The van der Waals surface area contributed by atoms with Crippen LogP contribution < -0.4 is 16.4 Å². The fourth-order valence-electron chi connectivity index (χ4n) is 6.91. The summed E-state index contributed by atoms with van der Waals surface area (Å²) in [6, 6.07) is 0. The normalized spacial score (nSPS) is 13.5. The van der Waals surface area contributed by atoms with E-state index in [9.17, 15) is 56.2 Å². The van der Waals surface area contributed by atoms with E-state index in [1.165, 1.54) is 25.5 Å². The Morgan fingerprint density at radius 2 is 1.02 bits per heavy atom. The van der Waals surface area contributed by atoms with Gasteiger partial charge in [0, 0.05) is 27.0 Å². The van der Waals surface area contributed by atoms with Gasteiger partial charge in [0.1, 0.15) is 17.0 Å². The predicted octanol–water partition coefficient (Wildman–Crippen LogP) is 2.47. The molecule has 0 saturated heterocycles. The smallest absolute Gasteiger partial charge is 0.339 e. The van der Waals surface area contributed by atoms with Crippen molar-refractivity contribution in [3.05, 3.63) is 0 Å². The molecule has 0 bridgehead atoms. The fraction of sp³-hybridized carbons (Fsp3) is 0.188. The lowest BCUT2D eigenvalue weighted by molar-refractivity contribution is -0.0893. The van der Waals surface area contributed by atoms with Crippen LogP contribution in [0.15, 0.2) is 13.6 Å². The first kappa shape index (κ1) is 30.0. The van der Waals surface area contributed by atoms with Crippen LogP contribution in [0.3, 0.4) is 0 Å². The Morgan fingerprint density at radius 1 is 0.520 bits per heavy atom. The van der Waals surface area contributed by atoms with Crippen LogP contribution in [-0.4, -0.2) is 86.5 Å². The van der Waals surface area contributed by atoms with Crippen molar-refractivity contribution in [2.75, 3.05) is 0 Å². The van der Waals surface area contributed by atoms with Crippen LogP contribution in [0.1, 0.15) is 27.7 Å². The minimum absolute atomic E-state index is 0.0135. The van der Waals surface area contributed by atoms with Gasteiger partial charge in [-0.1, -0.05) is 0 Å². The van der Waals surface area contributed by atoms with E-state index in [4.69, 9.17) is 18.2 Å². The molecule has 8 aromatic rings. The second-order valence-corrected chi connectivity index (χ2v) is 13.4. The van der Waals surface area contributed by atoms with Gasteiger partial charge in [0.05, 0.1) is 33.0 Å². The number of hydrogen-bond donors (Lipinski definition) is 11. The standard InChI is InChI=1S/C32H23B2NO15/c1-31(2,46)32(3,4)50-34-13-21(40)12-16-30(22(13)41)49-48-29-15-6-5-7-9(17(36)11(33-12)14(5)35(15)16)18(37)23(42)25(44)27(7)47-28-8(6)10(20(29)39)19(38)24(43)26(28)45/h36-46H,1-4H3. The summed E-state index contributed by atoms with van der Waals surface area (Å²) in [5, 5.41) is 122. The van der Waals surface area contributed by atoms with Crippen LogP contribution in [0.25, 0.3) is 71.2 Å². The third-order valence-electron chi connectivity index (χ3n) is 10.2. The van der Waals surface area contributed by atoms with Crippen molar-refractivity contribution in [1.29, 1.82) is 0 Å². The predicted molar refractivity (Wildman–Crippen MR) is 178 cm³/mol. The number of hydrogen-bond acceptors (Lipinski definition) is 15. The summed E-state index contributed by atoms with van der Waals surface area (Å²) in [5.41, 5.74) is -5.55. The quantitative estimate of drug-likeness (QED) is 0.0722. The lowest BCUT2D eigenvalue weighted by Crippen LogP contribution is -2.49. The van der Waals surface area contributed by atoms with Crippen molar-refractivity contribution in [2.24, 2.45) is 0 Å². The molecule has 0 saturated carbocycles. The molecule has 0 atom stereocenters. The number of nitrogens with zero attached hydrogens (tertiary/aromatic N) is 1. The molecule has 9 rings (SSSR count). The van der Waals surface area contributed by atoms with E-state index in [1.807, 2.05) is 0 Å². The summed E-state index contributed by atoms with van der Waals surface area (Å²) in [6.45, 7) is 6.11. The summed E-state index contributed by atoms with van der Waals surface area (Å²) in [4.78, 5) is 0. The van der Waals surface area contributed by atoms with E-state index in [0.717, 1.165) is 7.48 Å². The Balaban J connectivity index is 1.61. The minimum atomic E-state index is -1.40. The third-order valence-corrected chi connectivity index (χ3v) is 10.2. The zero-order valence-corrected chi connectivity index (χ0v) is 26.2. The number of phenolic OH excluding ortho intramolecular Hbond substituents is 10. The summed E-state index contributed by atoms with van der Waals surface area (Å²) < 4.78 is 24.3. The molecule has 16 nitrogen and oxygen atoms in total. The SMILES string of the molecule is CC(C)(O)C(C)(C)O[B]c1c(O)c2c3c(ooc4c(O)c5c(O)c(O)c(O)c6oc7c(O)c(O)c(O)c8c(O)c(c9c(c78)c(c65)c4n39)[B]2)c1O. The first-order chi connectivity index (χ1) is 23.4. The zero-order valence-electron chi connectivity index (χ0n) is 26.2. The first-order valence-corrected chi connectivity index (χ1v) is 14.9. The number of benzene rings is 5. The van der Waals surface area contributed by atoms with Crippen LogP contribution in [0.2, 0.25) is 0 Å². The molecule has 0 amide bonds. The van der Waals surface area contributed by atoms with Gasteiger partial charge in [-0.3, -0.25) is 9.15 Å². The lowest BCUT2D eigenvalue weighted by atomic mass is 9.59. The van der Waals surface area contributed by atoms with Crippen LogP contribution >= 0.6 is 0 Å². The molecular weight excluding hydrogens is 660 g/mol. The molecule has 11 N–H and O–H groups in total. The summed E-state index contributed by atoms with van der Waals surface area (Å²) in [5.74, 6) is -9.22. The molecule has 1 aliphatic rings. The van der Waals surface area contributed by atoms with Crippen molar-refractivity contribution >= 4 is 102 Å². The van der Waals surface area contributed by atoms with Gasteiger partial charge in [0.15, 0.2) is 34.2 Å². The largest absolute Gasteiger partial charge is 0.509 e. The van der Waals surface area contributed by atoms with Gasteiger partial charge in [-0.15, -0.1) is 0 Å². The van der Waals surface area contributed by atoms with Crippen LogP contribution in [0.4, 0.5) is 0 Å². The van der Waals surface area contributed by atoms with E-state index < -0.39 is 102 Å². The van der Waals surface area contributed by atoms with Gasteiger partial charge >= 0.3 is 7.48 Å². The Kier molecular flexibility index (Phi) is 5.22. The number of aliphatic hydroxyl groups is 1. The van der Waals surface area contributed by atoms with Gasteiger partial charge in [-0.25, -0.2) is 0 Å². The second-order valence-electron chi connectivity index (χ2n) is 13.4. The molecule has 18 heteroatoms. The summed E-state index contributed by atoms with van der Waals surface area (Å²) in [7, 11) is 2.27. The topological polar surface area (TPSA) is 276 Å². The van der Waals surface area contributed by atoms with Gasteiger partial charge in [0.2, 0.25) is 41.4 Å². The molecular formula is C32H23B2NO15. The highest BCUT2D eigenvalue weighted by atomic mass is 17.0. The molecule has 50 heavy (non-hydrogen) atoms. The number of rotatable bonds is 4. The number of aromatic nitrogens is 1. The van der Waals surface area contributed by atoms with Crippen molar-refractivity contribution in [2.45, 2.75) is 38.9 Å². The van der Waals surface area contributed by atoms with E-state index >= 15 is 0 Å². The Labute approximate surface area is 277 Å². The van der Waals surface area contributed by atoms with Gasteiger partial charge in [0.25, 0.3) is 0 Å². The fourth-order valence-corrected chi connectivity index (χ4v) is 6.91. The molecule has 0 aliphatic carbocycles. The average Bonchev–Trinajstić information content (AvgIpc) is 3.18. The van der Waals surface area contributed by atoms with Crippen LogP contribution in [0, 0.1) is 0 Å². The first-order valence-electron chi connectivity index (χ1n) is 14.9. The van der Waals surface area contributed by atoms with Gasteiger partial charge in [-0.05, 0) is 38.6 Å². The van der Waals surface area contributed by atoms with Gasteiger partial charge in [-0.2, -0.15) is 0 Å². The molecule has 0 spiro atoms. The molecule has 4 heterocycles. The monoisotopic (exact) mass is 683 g/mol. The maximum absolute atomic E-state index is 11.8. The van der Waals surface area contributed by atoms with Crippen molar-refractivity contribution in [3.8, 4) is 57.5 Å². The summed E-state index contributed by atoms with van der Waals surface area (Å²) >= 11 is 0. The minimum Gasteiger partial charge on any atom is -0.509 e. The van der Waals surface area contributed by atoms with Gasteiger partial charge < -0.3 is 69.6 Å². The third kappa shape index (κ3) is 3.11. The Morgan fingerprint density at radius 3 is 1.58 bits per heavy atom. The molecule has 0 fully saturated rings. The van der Waals surface area contributed by atoms with Crippen molar-refractivity contribution in [3.63, 3.8) is 0 Å². The summed E-state index contributed by atoms with van der Waals surface area (Å²) in [6.07, 6.45) is 0. The highest BCUT2D eigenvalue weighted by molar-refractivity contribution is 6.76. The zero-order chi connectivity index (χ0) is 35.8. The molecule has 0 unspecified atom stereocenters. The lowest BCUT2D eigenvalue weighted by Gasteiger charge is -2.37. The van der Waals surface area contributed by atoms with E-state index in [-0.39, 0.29) is 54.5 Å². The number of phenols is 10. The molecule has 252 valence electrons. The van der Waals surface area contributed by atoms with E-state index in [0.29, 0.717) is 0 Å². The highest BCUT2D eigenvalue weighted by Crippen LogP contribution is 2.59. The van der Waals surface area contributed by atoms with E-state index in [2.05, 4.69) is 0 Å². The molecule has 1 aliphatic heterocycles. The molecule has 5 aromatic carbocycles. The maximum Gasteiger partial charge on any atom is 0.339 e. The van der Waals surface area contributed by atoms with Crippen molar-refractivity contribution < 1.29 is 74.4 Å². The van der Waals surface area contributed by atoms with Crippen LogP contribution in [-0.2, 0) is 4.65 Å². The van der Waals surface area contributed by atoms with E-state index in [1.54, 1.807) is 13.8 Å². The highest BCUT2D eigenvalue weighted by Gasteiger charge is 2.40. The van der Waals surface area contributed by atoms with Crippen molar-refractivity contribution in [1.82, 2.24) is 4.40 Å². The average molecular weight is 683 g/mol. The number of aromatic hydroxyl groups is 10. The van der Waals surface area contributed by atoms with Crippen LogP contribution in [0.5, 0.6) is 57.5 Å². The molecule has 2 radical (unpaired) electrons. The molecule has 3 aromatic heterocycles. The Hall–Kier alpha value is -6.13. The Bertz CT molecular complexity index is 2920. The second kappa shape index (κ2) is 8.71.